The van der Waals surface area contributed by atoms with Crippen molar-refractivity contribution in [3.05, 3.63) is 156 Å². The fourth-order valence-electron chi connectivity index (χ4n) is 5.27. The molecule has 4 aromatic heterocycles. The van der Waals surface area contributed by atoms with Crippen LogP contribution in [0.1, 0.15) is 43.9 Å². The van der Waals surface area contributed by atoms with Crippen LogP contribution < -0.4 is 11.1 Å². The zero-order valence-electron chi connectivity index (χ0n) is 31.6. The Morgan fingerprint density at radius 3 is 1.58 bits per heavy atom. The highest BCUT2D eigenvalue weighted by Crippen LogP contribution is 2.21. The number of aryl methyl sites for hydroxylation is 2. The monoisotopic (exact) mass is 802 g/mol. The van der Waals surface area contributed by atoms with Gasteiger partial charge in [0, 0.05) is 61.1 Å². The number of rotatable bonds is 11. The smallest absolute Gasteiger partial charge is 0.335 e. The maximum atomic E-state index is 13.0. The van der Waals surface area contributed by atoms with Crippen LogP contribution in [0.5, 0.6) is 0 Å². The predicted molar refractivity (Wildman–Crippen MR) is 208 cm³/mol. The average Bonchev–Trinajstić information content (AvgIpc) is 4.09. The summed E-state index contributed by atoms with van der Waals surface area (Å²) in [7, 11) is 0. The van der Waals surface area contributed by atoms with Gasteiger partial charge in [-0.1, -0.05) is 34.6 Å². The van der Waals surface area contributed by atoms with E-state index in [1.165, 1.54) is 42.7 Å². The number of nitrogens with two attached hydrogens (primary N) is 1. The Morgan fingerprint density at radius 2 is 1.12 bits per heavy atom. The Morgan fingerprint density at radius 1 is 0.644 bits per heavy atom. The molecule has 0 unspecified atom stereocenters. The molecular weight excluding hydrogens is 767 g/mol. The molecule has 4 N–H and O–H groups in total. The number of halogens is 2. The Bertz CT molecular complexity index is 2620. The van der Waals surface area contributed by atoms with E-state index in [4.69, 9.17) is 28.7 Å². The zero-order valence-corrected chi connectivity index (χ0v) is 31.6. The number of nitrogens with one attached hydrogen (secondary N) is 1. The van der Waals surface area contributed by atoms with E-state index in [9.17, 15) is 18.4 Å². The Balaban J connectivity index is 0.000000164. The standard InChI is InChI=1S/C21H17FN4O3.C11H11FN2O.C10H8N2O3/c1-13-24-19(26-29-13)15-3-2-4-16(11-15)20(27)23-10-9-18-12-28-21(25-18)14-5-7-17(22)8-6-14;12-9-3-1-8(2-4-9)11-14-10(5-6-13)7-15-11;1-6-11-9(12-15-6)7-3-2-4-8(5-7)10(13)14/h2-8,11-12H,9-10H2,1H3,(H,23,27);1-4,7H,5-6,13H2;2-5H,1H3,(H,13,14). The van der Waals surface area contributed by atoms with Crippen LogP contribution in [0.25, 0.3) is 45.7 Å². The van der Waals surface area contributed by atoms with Crippen LogP contribution in [0.4, 0.5) is 8.78 Å². The molecule has 0 saturated heterocycles. The maximum Gasteiger partial charge on any atom is 0.335 e. The molecule has 1 amide bonds. The van der Waals surface area contributed by atoms with Crippen molar-refractivity contribution < 1.29 is 41.4 Å². The number of nitrogens with zero attached hydrogens (tertiary/aromatic N) is 6. The topological polar surface area (TPSA) is 222 Å². The number of aromatic nitrogens is 6. The molecule has 59 heavy (non-hydrogen) atoms. The van der Waals surface area contributed by atoms with Crippen molar-refractivity contribution in [3.63, 3.8) is 0 Å². The lowest BCUT2D eigenvalue weighted by atomic mass is 10.1. The highest BCUT2D eigenvalue weighted by Gasteiger charge is 2.13. The first-order valence-electron chi connectivity index (χ1n) is 18.0. The van der Waals surface area contributed by atoms with Crippen molar-refractivity contribution in [2.75, 3.05) is 13.1 Å². The minimum atomic E-state index is -0.975. The van der Waals surface area contributed by atoms with Gasteiger partial charge in [0.05, 0.1) is 17.0 Å². The van der Waals surface area contributed by atoms with Gasteiger partial charge in [-0.2, -0.15) is 9.97 Å². The summed E-state index contributed by atoms with van der Waals surface area (Å²) in [6, 6.07) is 25.3. The fourth-order valence-corrected chi connectivity index (χ4v) is 5.27. The zero-order chi connectivity index (χ0) is 41.7. The van der Waals surface area contributed by atoms with Crippen LogP contribution in [0.15, 0.2) is 127 Å². The van der Waals surface area contributed by atoms with E-state index >= 15 is 0 Å². The lowest BCUT2D eigenvalue weighted by Crippen LogP contribution is -2.25. The molecule has 0 aliphatic rings. The number of amides is 1. The van der Waals surface area contributed by atoms with Crippen LogP contribution in [-0.4, -0.2) is 60.3 Å². The molecule has 0 spiro atoms. The lowest BCUT2D eigenvalue weighted by molar-refractivity contribution is 0.0696. The molecule has 0 aliphatic heterocycles. The Labute approximate surface area is 334 Å². The van der Waals surface area contributed by atoms with Crippen LogP contribution in [0.2, 0.25) is 0 Å². The predicted octanol–water partition coefficient (Wildman–Crippen LogP) is 7.54. The number of carboxylic acids is 1. The van der Waals surface area contributed by atoms with E-state index < -0.39 is 5.97 Å². The van der Waals surface area contributed by atoms with Gasteiger partial charge in [0.2, 0.25) is 35.2 Å². The van der Waals surface area contributed by atoms with Crippen LogP contribution in [-0.2, 0) is 12.8 Å². The Hall–Kier alpha value is -7.66. The number of carbonyl (C=O) groups excluding carboxylic acids is 1. The van der Waals surface area contributed by atoms with Crippen LogP contribution >= 0.6 is 0 Å². The quantitative estimate of drug-likeness (QED) is 0.115. The van der Waals surface area contributed by atoms with Gasteiger partial charge in [-0.25, -0.2) is 23.5 Å². The summed E-state index contributed by atoms with van der Waals surface area (Å²) in [6.07, 6.45) is 4.29. The van der Waals surface area contributed by atoms with Crippen molar-refractivity contribution in [2.24, 2.45) is 5.73 Å². The summed E-state index contributed by atoms with van der Waals surface area (Å²) in [6.45, 7) is 4.31. The third kappa shape index (κ3) is 11.5. The van der Waals surface area contributed by atoms with E-state index in [0.29, 0.717) is 89.1 Å². The number of benzene rings is 4. The molecule has 17 heteroatoms. The second kappa shape index (κ2) is 19.5. The molecular formula is C42H36F2N8O7. The van der Waals surface area contributed by atoms with Gasteiger partial charge in [-0.3, -0.25) is 4.79 Å². The summed E-state index contributed by atoms with van der Waals surface area (Å²) in [5, 5.41) is 19.2. The molecule has 300 valence electrons. The van der Waals surface area contributed by atoms with Gasteiger partial charge in [0.25, 0.3) is 5.91 Å². The molecule has 4 aromatic carbocycles. The van der Waals surface area contributed by atoms with E-state index in [-0.39, 0.29) is 23.1 Å². The van der Waals surface area contributed by atoms with Crippen molar-refractivity contribution in [1.29, 1.82) is 0 Å². The molecule has 8 rings (SSSR count). The highest BCUT2D eigenvalue weighted by molar-refractivity contribution is 5.95. The number of hydrogen-bond acceptors (Lipinski definition) is 13. The number of aromatic carboxylic acids is 1. The number of carbonyl (C=O) groups is 2. The number of hydrogen-bond donors (Lipinski definition) is 3. The number of oxazole rings is 2. The second-order valence-electron chi connectivity index (χ2n) is 12.6. The second-order valence-corrected chi connectivity index (χ2v) is 12.6. The summed E-state index contributed by atoms with van der Waals surface area (Å²) < 4.78 is 46.1. The summed E-state index contributed by atoms with van der Waals surface area (Å²) in [5.74, 6) is 0.880. The lowest BCUT2D eigenvalue weighted by Gasteiger charge is -2.05. The third-order valence-corrected chi connectivity index (χ3v) is 8.16. The molecule has 0 bridgehead atoms. The summed E-state index contributed by atoms with van der Waals surface area (Å²) >= 11 is 0. The van der Waals surface area contributed by atoms with Gasteiger partial charge < -0.3 is 34.0 Å². The van der Waals surface area contributed by atoms with E-state index in [0.717, 1.165) is 11.3 Å². The molecule has 0 atom stereocenters. The molecule has 0 aliphatic carbocycles. The molecule has 0 radical (unpaired) electrons. The molecule has 0 fully saturated rings. The summed E-state index contributed by atoms with van der Waals surface area (Å²) in [5.41, 5.74) is 10.4. The minimum Gasteiger partial charge on any atom is -0.478 e. The van der Waals surface area contributed by atoms with Gasteiger partial charge in [0.15, 0.2) is 0 Å². The van der Waals surface area contributed by atoms with Gasteiger partial charge in [-0.15, -0.1) is 0 Å². The van der Waals surface area contributed by atoms with Crippen LogP contribution in [0, 0.1) is 25.5 Å². The summed E-state index contributed by atoms with van der Waals surface area (Å²) in [4.78, 5) is 39.9. The maximum absolute atomic E-state index is 13.0. The van der Waals surface area contributed by atoms with Gasteiger partial charge >= 0.3 is 5.97 Å². The number of carboxylic acid groups (broad SMARTS) is 1. The molecule has 0 saturated carbocycles. The highest BCUT2D eigenvalue weighted by atomic mass is 19.1. The van der Waals surface area contributed by atoms with Crippen molar-refractivity contribution in [3.8, 4) is 45.7 Å². The van der Waals surface area contributed by atoms with Crippen molar-refractivity contribution >= 4 is 11.9 Å². The molecule has 8 aromatic rings. The van der Waals surface area contributed by atoms with E-state index in [1.54, 1.807) is 74.7 Å². The largest absolute Gasteiger partial charge is 0.478 e. The van der Waals surface area contributed by atoms with Crippen LogP contribution in [0.3, 0.4) is 0 Å². The minimum absolute atomic E-state index is 0.204. The Kier molecular flexibility index (Phi) is 13.5. The van der Waals surface area contributed by atoms with Gasteiger partial charge in [0.1, 0.15) is 24.2 Å². The SMILES string of the molecule is Cc1nc(-c2cccc(C(=O)NCCc3coc(-c4ccc(F)cc4)n3)c2)no1.Cc1nc(-c2cccc(C(=O)O)c2)no1.NCCc1coc(-c2ccc(F)cc2)n1. The van der Waals surface area contributed by atoms with Crippen molar-refractivity contribution in [1.82, 2.24) is 35.6 Å². The van der Waals surface area contributed by atoms with Gasteiger partial charge in [-0.05, 0) is 79.3 Å². The molecule has 4 heterocycles. The van der Waals surface area contributed by atoms with E-state index in [1.807, 2.05) is 6.07 Å². The fraction of sp³-hybridized carbons (Fsp3) is 0.143. The first-order valence-corrected chi connectivity index (χ1v) is 18.0. The normalized spacial score (nSPS) is 10.6. The molecule has 15 nitrogen and oxygen atoms in total. The first-order chi connectivity index (χ1) is 28.5. The van der Waals surface area contributed by atoms with E-state index in [2.05, 4.69) is 35.6 Å². The first kappa shape index (κ1) is 41.0. The third-order valence-electron chi connectivity index (χ3n) is 8.16. The van der Waals surface area contributed by atoms with Crippen molar-refractivity contribution in [2.45, 2.75) is 26.7 Å². The average molecular weight is 803 g/mol.